The molecule has 2 N–H and O–H groups in total. The summed E-state index contributed by atoms with van der Waals surface area (Å²) in [6, 6.07) is 42.9. The summed E-state index contributed by atoms with van der Waals surface area (Å²) in [6.07, 6.45) is 23.9. The molecule has 4 aliphatic heterocycles. The third kappa shape index (κ3) is 18.7. The number of aromatic nitrogens is 2. The van der Waals surface area contributed by atoms with Crippen LogP contribution >= 0.6 is 0 Å². The molecule has 688 valence electrons. The van der Waals surface area contributed by atoms with Crippen molar-refractivity contribution in [1.29, 1.82) is 0 Å². The van der Waals surface area contributed by atoms with Crippen LogP contribution in [0.4, 0.5) is 0 Å². The Morgan fingerprint density at radius 1 is 0.379 bits per heavy atom. The summed E-state index contributed by atoms with van der Waals surface area (Å²) in [5.74, 6) is -0.473. The Kier molecular flexibility index (Phi) is 25.0. The second-order valence-electron chi connectivity index (χ2n) is 43.0. The van der Waals surface area contributed by atoms with Gasteiger partial charge in [-0.1, -0.05) is 183 Å². The monoisotopic (exact) mass is 1780 g/mol. The van der Waals surface area contributed by atoms with Crippen LogP contribution in [-0.2, 0) is 53.6 Å². The van der Waals surface area contributed by atoms with Gasteiger partial charge in [0.2, 0.25) is 11.8 Å². The van der Waals surface area contributed by atoms with E-state index in [9.17, 15) is 0 Å². The van der Waals surface area contributed by atoms with Crippen molar-refractivity contribution in [2.75, 3.05) is 39.4 Å². The van der Waals surface area contributed by atoms with Gasteiger partial charge >= 0.3 is 0 Å². The SMILES string of the molecule is CC(C)(C)c1ccc(Oc2cc3c4c(cc(Oc5ccc(C(C)(C)C)cc5)c5c6c(Oc7ccc(C(C)(C)C)cc7)cc7c8c(cc(Oc9ccc(C(C)(C)C)cc9)c(c2c45)c86)C(=O)N(C(Cc2ccncc2)C(=O)N(CCC2CCCC2)C2CCCC(NCC4CO4)C2)C7=O)C(=O)N(C(Cc2ccncc2)C(=O)N(CCC2CCCC2)C2CCCC(NCC4CO4)C2)C3=O)cc1. The lowest BCUT2D eigenvalue weighted by Gasteiger charge is -2.42. The number of nitrogens with one attached hydrogen (secondary N) is 2. The number of carbonyl (C=O) groups excluding carboxylic acids is 6. The lowest BCUT2D eigenvalue weighted by Crippen LogP contribution is -2.58. The van der Waals surface area contributed by atoms with Gasteiger partial charge in [-0.25, -0.2) is 0 Å². The molecule has 20 heteroatoms. The summed E-state index contributed by atoms with van der Waals surface area (Å²) in [5.41, 5.74) is 4.78. The van der Waals surface area contributed by atoms with E-state index in [1.165, 1.54) is 9.80 Å². The number of fused-ring (bicyclic) bond motifs is 2. The molecule has 0 bridgehead atoms. The van der Waals surface area contributed by atoms with Crippen LogP contribution < -0.4 is 29.6 Å². The summed E-state index contributed by atoms with van der Waals surface area (Å²) in [7, 11) is 0. The maximum absolute atomic E-state index is 17.5. The number of benzene rings is 9. The maximum Gasteiger partial charge on any atom is 0.262 e. The third-order valence-corrected chi connectivity index (χ3v) is 29.6. The van der Waals surface area contributed by atoms with Crippen molar-refractivity contribution >= 4 is 78.5 Å². The molecule has 2 saturated heterocycles. The van der Waals surface area contributed by atoms with Gasteiger partial charge in [-0.15, -0.1) is 0 Å². The van der Waals surface area contributed by atoms with Crippen LogP contribution in [0.5, 0.6) is 46.0 Å². The van der Waals surface area contributed by atoms with Crippen molar-refractivity contribution in [1.82, 2.24) is 40.2 Å². The topological polar surface area (TPSA) is 227 Å². The number of rotatable bonds is 30. The van der Waals surface area contributed by atoms with E-state index in [1.807, 2.05) is 131 Å². The maximum atomic E-state index is 17.5. The fourth-order valence-corrected chi connectivity index (χ4v) is 21.9. The second kappa shape index (κ2) is 36.7. The van der Waals surface area contributed by atoms with E-state index in [1.54, 1.807) is 49.1 Å². The Hall–Kier alpha value is -11.2. The number of amides is 6. The highest BCUT2D eigenvalue weighted by Crippen LogP contribution is 2.59. The Morgan fingerprint density at radius 2 is 0.659 bits per heavy atom. The first kappa shape index (κ1) is 90.0. The number of pyridine rings is 2. The first-order valence-corrected chi connectivity index (χ1v) is 48.8. The van der Waals surface area contributed by atoms with Gasteiger partial charge in [-0.3, -0.25) is 48.5 Å². The van der Waals surface area contributed by atoms with E-state index < -0.39 is 35.7 Å². The Morgan fingerprint density at radius 3 is 0.924 bits per heavy atom. The van der Waals surface area contributed by atoms with Crippen molar-refractivity contribution in [2.45, 2.75) is 282 Å². The fourth-order valence-electron chi connectivity index (χ4n) is 21.9. The van der Waals surface area contributed by atoms with E-state index in [0.29, 0.717) is 104 Å². The van der Waals surface area contributed by atoms with Crippen molar-refractivity contribution in [2.24, 2.45) is 11.8 Å². The lowest BCUT2D eigenvalue weighted by molar-refractivity contribution is -0.139. The minimum atomic E-state index is -1.38. The van der Waals surface area contributed by atoms with Crippen molar-refractivity contribution < 1.29 is 57.2 Å². The summed E-state index contributed by atoms with van der Waals surface area (Å²) in [6.45, 7) is 29.6. The van der Waals surface area contributed by atoms with E-state index in [2.05, 4.69) is 104 Å². The van der Waals surface area contributed by atoms with Crippen LogP contribution in [0.2, 0.25) is 0 Å². The van der Waals surface area contributed by atoms with Crippen LogP contribution in [0.15, 0.2) is 170 Å². The molecule has 6 fully saturated rings. The molecule has 8 atom stereocenters. The molecule has 6 amide bonds. The predicted molar refractivity (Wildman–Crippen MR) is 517 cm³/mol. The lowest BCUT2D eigenvalue weighted by atomic mass is 9.80. The molecule has 11 aromatic rings. The highest BCUT2D eigenvalue weighted by atomic mass is 16.6. The van der Waals surface area contributed by atoms with E-state index in [4.69, 9.17) is 28.4 Å². The summed E-state index contributed by atoms with van der Waals surface area (Å²) in [4.78, 5) is 120. The number of imide groups is 2. The second-order valence-corrected chi connectivity index (χ2v) is 43.0. The third-order valence-electron chi connectivity index (χ3n) is 29.6. The van der Waals surface area contributed by atoms with Gasteiger partial charge in [-0.05, 0) is 228 Å². The molecule has 19 rings (SSSR count). The van der Waals surface area contributed by atoms with Crippen molar-refractivity contribution in [3.05, 3.63) is 226 Å². The Balaban J connectivity index is 0.891. The van der Waals surface area contributed by atoms with Gasteiger partial charge in [0.25, 0.3) is 23.6 Å². The van der Waals surface area contributed by atoms with Crippen LogP contribution in [0.3, 0.4) is 0 Å². The number of hydrogen-bond acceptors (Lipinski definition) is 16. The van der Waals surface area contributed by atoms with E-state index in [-0.39, 0.29) is 139 Å². The van der Waals surface area contributed by atoms with Gasteiger partial charge < -0.3 is 48.9 Å². The quantitative estimate of drug-likeness (QED) is 0.0185. The molecule has 20 nitrogen and oxygen atoms in total. The van der Waals surface area contributed by atoms with Crippen molar-refractivity contribution in [3.63, 3.8) is 0 Å². The van der Waals surface area contributed by atoms with Crippen molar-refractivity contribution in [3.8, 4) is 46.0 Å². The number of hydrogen-bond donors (Lipinski definition) is 2. The zero-order valence-electron chi connectivity index (χ0n) is 78.9. The van der Waals surface area contributed by atoms with Gasteiger partial charge in [0.05, 0.1) is 47.7 Å². The minimum absolute atomic E-state index is 0.0235. The summed E-state index contributed by atoms with van der Waals surface area (Å²) >= 11 is 0. The summed E-state index contributed by atoms with van der Waals surface area (Å²) in [5, 5.41) is 10.2. The van der Waals surface area contributed by atoms with Gasteiger partial charge in [0.1, 0.15) is 58.1 Å². The minimum Gasteiger partial charge on any atom is -0.457 e. The molecule has 4 saturated carbocycles. The van der Waals surface area contributed by atoms with Gasteiger partial charge in [0.15, 0.2) is 0 Å². The van der Waals surface area contributed by atoms with Crippen LogP contribution in [0.1, 0.15) is 273 Å². The molecule has 9 aromatic carbocycles. The zero-order chi connectivity index (χ0) is 91.8. The highest BCUT2D eigenvalue weighted by Gasteiger charge is 2.50. The largest absolute Gasteiger partial charge is 0.457 e. The molecule has 132 heavy (non-hydrogen) atoms. The number of carbonyl (C=O) groups is 6. The zero-order valence-corrected chi connectivity index (χ0v) is 78.9. The normalized spacial score (nSPS) is 20.7. The average molecular weight is 1780 g/mol. The predicted octanol–water partition coefficient (Wildman–Crippen LogP) is 22.7. The highest BCUT2D eigenvalue weighted by molar-refractivity contribution is 6.45. The number of ether oxygens (including phenoxy) is 6. The van der Waals surface area contributed by atoms with Crippen LogP contribution in [0, 0.1) is 11.8 Å². The molecular weight excluding hydrogens is 1650 g/mol. The molecule has 2 aromatic heterocycles. The molecule has 4 aliphatic carbocycles. The number of epoxide rings is 2. The van der Waals surface area contributed by atoms with E-state index in [0.717, 1.165) is 151 Å². The molecule has 0 radical (unpaired) electrons. The fraction of sp³-hybridized carbons (Fsp3) is 0.464. The first-order chi connectivity index (χ1) is 63.4. The molecule has 0 spiro atoms. The Bertz CT molecular complexity index is 5510. The van der Waals surface area contributed by atoms with Gasteiger partial charge in [0, 0.05) is 131 Å². The van der Waals surface area contributed by atoms with Crippen LogP contribution in [0.25, 0.3) is 43.1 Å². The molecule has 8 aliphatic rings. The molecule has 6 heterocycles. The Labute approximate surface area is 776 Å². The smallest absolute Gasteiger partial charge is 0.262 e. The average Bonchev–Trinajstić information content (AvgIpc) is 1.19. The van der Waals surface area contributed by atoms with Crippen LogP contribution in [-0.4, -0.2) is 153 Å². The standard InChI is InChI=1S/C112H128N8O12/c1-109(2,3)71-27-35-79(36-28-71)129-91-59-85-95-86(104(122)119(103(85)121)89(55-69-43-49-113-50-44-69)107(125)117(53-47-67-19-13-14-20-67)77-25-17-23-75(57-77)115-63-83-65-127-83)61-93(131-81-39-31-73(32-40-81)111(7,8)9)99-100-94(132-82-41-33-74(34-42-82)112(10,11)12)62-88-96-87(60-92(98(102(96)100)97(91)101(95)99)130-80-37-29-72(30-38-80)110(4,5)6)105(123)120(106(88)124)90(56-70-45-51-114-52-46-70)108(126)118(54-48-68-21-15-16-22-68)78-26-18-24-76(58-78)116-64-84-66-128-84/h27-46,49-52,59-62,67-68,75-78,83-84,89-90,115-116H,13-26,47-48,53-58,63-66H2,1-12H3. The number of nitrogens with zero attached hydrogens (tertiary/aromatic N) is 6. The van der Waals surface area contributed by atoms with E-state index >= 15 is 28.8 Å². The van der Waals surface area contributed by atoms with Gasteiger partial charge in [-0.2, -0.15) is 0 Å². The summed E-state index contributed by atoms with van der Waals surface area (Å²) < 4.78 is 42.0. The molecule has 8 unspecified atom stereocenters. The first-order valence-electron chi connectivity index (χ1n) is 48.8. The molecular formula is C112H128N8O12.